The second kappa shape index (κ2) is 100. The highest BCUT2D eigenvalue weighted by atomic mass is 13.7. The van der Waals surface area contributed by atoms with Crippen molar-refractivity contribution in [2.45, 2.75) is 0 Å². The van der Waals surface area contributed by atoms with E-state index >= 15 is 0 Å². The molecule has 0 N–H and O–H groups in total. The van der Waals surface area contributed by atoms with E-state index in [4.69, 9.17) is 12.8 Å². The van der Waals surface area contributed by atoms with Crippen molar-refractivity contribution in [3.63, 3.8) is 0 Å². The van der Waals surface area contributed by atoms with Crippen molar-refractivity contribution in [1.29, 1.82) is 0 Å². The molecule has 0 aliphatic rings. The molecule has 0 aromatic rings. The first kappa shape index (κ1) is 101. The first-order valence-electron chi connectivity index (χ1n) is 32.3. The van der Waals surface area contributed by atoms with E-state index < -0.39 is 0 Å². The lowest BCUT2D eigenvalue weighted by atomic mass is 10.4. The summed E-state index contributed by atoms with van der Waals surface area (Å²) in [6.45, 7) is 0. The van der Waals surface area contributed by atoms with Crippen LogP contribution in [0.4, 0.5) is 0 Å². The highest BCUT2D eigenvalue weighted by molar-refractivity contribution is 5.59. The Morgan fingerprint density at radius 2 is 0.0615 bits per heavy atom. The summed E-state index contributed by atoms with van der Waals surface area (Å²) in [6, 6.07) is 0. The van der Waals surface area contributed by atoms with Crippen molar-refractivity contribution in [3.8, 4) is 771 Å². The molecule has 0 rings (SSSR count). The van der Waals surface area contributed by atoms with Crippen LogP contribution in [0.15, 0.2) is 0 Å². The average molecular weight is 1560 g/mol. The summed E-state index contributed by atoms with van der Waals surface area (Å²) >= 11 is 0. The van der Waals surface area contributed by atoms with Crippen molar-refractivity contribution in [3.05, 3.63) is 0 Å². The van der Waals surface area contributed by atoms with E-state index in [1.54, 1.807) is 0 Å². The topological polar surface area (TPSA) is 0 Å². The van der Waals surface area contributed by atoms with Gasteiger partial charge in [-0.05, 0) is 94.7 Å². The summed E-state index contributed by atoms with van der Waals surface area (Å²) in [7, 11) is 0. The number of rotatable bonds is 0. The number of terminal acetylenes is 2. The minimum atomic E-state index is 2.12. The van der Waals surface area contributed by atoms with Gasteiger partial charge >= 0.3 is 0 Å². The Labute approximate surface area is 765 Å². The molecule has 0 aliphatic carbocycles. The van der Waals surface area contributed by atoms with E-state index in [1.165, 1.54) is 0 Å². The Kier molecular flexibility index (Phi) is 78.3. The lowest BCUT2D eigenvalue weighted by molar-refractivity contribution is 2.31. The van der Waals surface area contributed by atoms with E-state index in [1.807, 2.05) is 0 Å². The van der Waals surface area contributed by atoms with Gasteiger partial charge in [0.25, 0.3) is 0 Å². The van der Waals surface area contributed by atoms with E-state index in [0.29, 0.717) is 0 Å². The van der Waals surface area contributed by atoms with Gasteiger partial charge in [0.15, 0.2) is 0 Å². The Bertz CT molecular complexity index is 8650. The van der Waals surface area contributed by atoms with Crippen LogP contribution < -0.4 is 0 Å². The van der Waals surface area contributed by atoms with E-state index in [-0.39, 0.29) is 0 Å². The van der Waals surface area contributed by atoms with Crippen LogP contribution >= 0.6 is 0 Å². The summed E-state index contributed by atoms with van der Waals surface area (Å²) in [5.74, 6) is 318. The fourth-order valence-corrected chi connectivity index (χ4v) is 3.95. The molecule has 0 aromatic carbocycles. The van der Waals surface area contributed by atoms with Gasteiger partial charge in [-0.3, -0.25) is 0 Å². The fourth-order valence-electron chi connectivity index (χ4n) is 3.95. The van der Waals surface area contributed by atoms with Gasteiger partial charge in [0.2, 0.25) is 0 Å². The summed E-state index contributed by atoms with van der Waals surface area (Å²) in [5.41, 5.74) is 0. The minimum Gasteiger partial charge on any atom is -0.106 e. The normalized spacial score (nSPS) is 3.95. The van der Waals surface area contributed by atoms with Crippen LogP contribution in [0.1, 0.15) is 0 Å². The monoisotopic (exact) mass is 1560 g/mol. The second-order valence-electron chi connectivity index (χ2n) is 16.0. The Hall–Kier alpha value is -28.6. The second-order valence-corrected chi connectivity index (χ2v) is 16.0. The molecule has 0 amide bonds. The third kappa shape index (κ3) is 99.4. The Morgan fingerprint density at radius 3 is 0.0846 bits per heavy atom. The molecular weight excluding hydrogens is 1560 g/mol. The highest BCUT2D eigenvalue weighted by Crippen LogP contribution is 1.70. The molecule has 0 atom stereocenters. The molecule has 0 aliphatic heterocycles. The predicted octanol–water partition coefficient (Wildman–Crippen LogP) is 0.467. The van der Waals surface area contributed by atoms with Crippen LogP contribution in [0, 0.1) is 771 Å². The maximum atomic E-state index is 4.96. The molecule has 0 heteroatoms. The smallest absolute Gasteiger partial charge is 0 e. The summed E-state index contributed by atoms with van der Waals surface area (Å²) in [6.07, 6.45) is 9.91. The predicted molar refractivity (Wildman–Crippen MR) is 508 cm³/mol. The third-order valence-corrected chi connectivity index (χ3v) is 7.96. The lowest BCUT2D eigenvalue weighted by Gasteiger charge is -1.58. The molecule has 0 bridgehead atoms. The first-order valence-corrected chi connectivity index (χ1v) is 32.3. The maximum absolute atomic E-state index is 4.96. The summed E-state index contributed by atoms with van der Waals surface area (Å²) in [4.78, 5) is 0. The summed E-state index contributed by atoms with van der Waals surface area (Å²) in [5, 5.41) is 0. The zero-order valence-corrected chi connectivity index (χ0v) is 65.2. The first-order chi connectivity index (χ1) is 64.9. The molecular formula is C130H2. The molecule has 522 valence electrons. The van der Waals surface area contributed by atoms with Crippen LogP contribution in [0.3, 0.4) is 0 Å². The fraction of sp³-hybridized carbons (Fsp3) is 0. The van der Waals surface area contributed by atoms with Gasteiger partial charge < -0.3 is 0 Å². The third-order valence-electron chi connectivity index (χ3n) is 7.96. The van der Waals surface area contributed by atoms with E-state index in [9.17, 15) is 0 Å². The molecule has 0 unspecified atom stereocenters. The average Bonchev–Trinajstić information content (AvgIpc) is 1.16. The van der Waals surface area contributed by atoms with Gasteiger partial charge in [0, 0.05) is 663 Å². The van der Waals surface area contributed by atoms with Crippen LogP contribution in [0.25, 0.3) is 0 Å². The molecule has 130 heavy (non-hydrogen) atoms. The lowest BCUT2D eigenvalue weighted by Crippen LogP contribution is -1.57. The molecule has 0 saturated heterocycles. The molecule has 0 spiro atoms. The molecule has 0 radical (unpaired) electrons. The molecule has 0 aromatic heterocycles. The van der Waals surface area contributed by atoms with Crippen LogP contribution in [-0.4, -0.2) is 0 Å². The quantitative estimate of drug-likeness (QED) is 0.310. The van der Waals surface area contributed by atoms with Crippen LogP contribution in [0.2, 0.25) is 0 Å². The molecule has 0 nitrogen and oxygen atoms in total. The largest absolute Gasteiger partial charge is 0.106 e. The molecule has 0 heterocycles. The van der Waals surface area contributed by atoms with Crippen molar-refractivity contribution in [2.75, 3.05) is 0 Å². The SMILES string of the molecule is C#CC#CC#CC#CC#CC#CC#CC#CC#CC#CC#CC#CC#CC#CC#CC#CC#CC#CC#CC#CC#CC#CC#CC#CC#CC#CC#CC#CC#CC#CC#CC#CC#CC#CC#CC#CC#CC#CC#CC#CC#CC#CC#CC#CC#CC#CC#CC#CC#CC#CC#CC#CC#CC#CC#CC#CC#CC#CC#CC#CC#CC#CC#CC#CC#C. The zero-order chi connectivity index (χ0) is 92.5. The van der Waals surface area contributed by atoms with Gasteiger partial charge in [0.05, 0.1) is 0 Å². The maximum Gasteiger partial charge on any atom is 0 e. The summed E-state index contributed by atoms with van der Waals surface area (Å²) < 4.78 is 0. The van der Waals surface area contributed by atoms with E-state index in [0.717, 1.165) is 0 Å². The number of hydrogen-bond acceptors (Lipinski definition) is 0. The van der Waals surface area contributed by atoms with Crippen molar-refractivity contribution in [1.82, 2.24) is 0 Å². The van der Waals surface area contributed by atoms with Crippen LogP contribution in [-0.2, 0) is 0 Å². The van der Waals surface area contributed by atoms with Crippen molar-refractivity contribution < 1.29 is 0 Å². The zero-order valence-electron chi connectivity index (χ0n) is 65.2. The van der Waals surface area contributed by atoms with Gasteiger partial charge in [-0.15, -0.1) is 12.8 Å². The standard InChI is InChI=1S/C130H2/c1-3-5-7-9-11-13-15-17-19-21-23-25-27-29-31-33-35-37-39-41-43-45-47-49-51-53-55-57-59-61-63-65-67-69-71-73-75-77-79-81-83-85-87-89-91-93-95-97-99-101-103-105-107-109-111-113-115-117-119-121-123-125-127-129-130-128-126-124-122-120-118-116-114-112-110-108-106-104-102-100-98-96-94-92-90-88-86-84-82-80-78-76-74-72-70-68-66-64-62-60-58-56-54-52-50-48-46-44-42-40-38-36-34-32-30-28-26-24-22-20-18-16-14-12-10-8-6-4-2/h1-2H. The van der Waals surface area contributed by atoms with Gasteiger partial charge in [-0.2, -0.15) is 0 Å². The van der Waals surface area contributed by atoms with Gasteiger partial charge in [-0.25, -0.2) is 0 Å². The Morgan fingerprint density at radius 1 is 0.0385 bits per heavy atom. The van der Waals surface area contributed by atoms with Crippen molar-refractivity contribution >= 4 is 0 Å². The highest BCUT2D eigenvalue weighted by Gasteiger charge is 1.70. The number of hydrogen-bond donors (Lipinski definition) is 0. The molecule has 0 saturated carbocycles. The van der Waals surface area contributed by atoms with Crippen molar-refractivity contribution in [2.24, 2.45) is 0 Å². The van der Waals surface area contributed by atoms with Gasteiger partial charge in [0.1, 0.15) is 0 Å². The molecule has 0 fully saturated rings. The van der Waals surface area contributed by atoms with Gasteiger partial charge in [-0.1, -0.05) is 0 Å². The van der Waals surface area contributed by atoms with Crippen LogP contribution in [0.5, 0.6) is 0 Å². The van der Waals surface area contributed by atoms with E-state index in [2.05, 4.69) is 758 Å². The minimum absolute atomic E-state index is 2.12. The Balaban J connectivity index is 4.65.